The van der Waals surface area contributed by atoms with Crippen molar-refractivity contribution >= 4 is 32.9 Å². The lowest BCUT2D eigenvalue weighted by Crippen LogP contribution is -2.45. The summed E-state index contributed by atoms with van der Waals surface area (Å²) in [4.78, 5) is 21.9. The summed E-state index contributed by atoms with van der Waals surface area (Å²) in [6.07, 6.45) is 7.51. The first-order valence-corrected chi connectivity index (χ1v) is 16.7. The number of likely N-dealkylation sites (N-methyl/N-ethyl adjacent to an activating group) is 1. The first-order valence-electron chi connectivity index (χ1n) is 14.9. The lowest BCUT2D eigenvalue weighted by molar-refractivity contribution is 0.132. The fourth-order valence-electron chi connectivity index (χ4n) is 6.15. The van der Waals surface area contributed by atoms with E-state index in [0.29, 0.717) is 17.9 Å². The molecule has 0 unspecified atom stereocenters. The van der Waals surface area contributed by atoms with Crippen LogP contribution in [0.25, 0.3) is 22.3 Å². The van der Waals surface area contributed by atoms with Gasteiger partial charge in [0.15, 0.2) is 17.5 Å². The number of nitrogens with zero attached hydrogens (tertiary/aromatic N) is 8. The van der Waals surface area contributed by atoms with Gasteiger partial charge in [0.1, 0.15) is 17.0 Å². The van der Waals surface area contributed by atoms with E-state index in [4.69, 9.17) is 4.28 Å². The van der Waals surface area contributed by atoms with Crippen molar-refractivity contribution in [1.82, 2.24) is 34.3 Å². The minimum atomic E-state index is -4.07. The Morgan fingerprint density at radius 2 is 1.70 bits per heavy atom. The van der Waals surface area contributed by atoms with Crippen LogP contribution in [0.5, 0.6) is 0 Å². The largest absolute Gasteiger partial charge is 0.325 e. The lowest BCUT2D eigenvalue weighted by Gasteiger charge is -2.34. The summed E-state index contributed by atoms with van der Waals surface area (Å²) in [6, 6.07) is 6.46. The van der Waals surface area contributed by atoms with Gasteiger partial charge in [-0.3, -0.25) is 4.90 Å². The Morgan fingerprint density at radius 3 is 2.36 bits per heavy atom. The number of fused-ring (bicyclic) bond motifs is 1. The van der Waals surface area contributed by atoms with E-state index >= 15 is 8.78 Å². The Labute approximate surface area is 255 Å². The topological polar surface area (TPSA) is 110 Å². The molecule has 0 spiro atoms. The van der Waals surface area contributed by atoms with Crippen LogP contribution < -0.4 is 5.06 Å². The molecular formula is C30H36F2N8O3S. The summed E-state index contributed by atoms with van der Waals surface area (Å²) in [5.74, 6) is -0.901. The van der Waals surface area contributed by atoms with E-state index in [-0.39, 0.29) is 34.6 Å². The van der Waals surface area contributed by atoms with Crippen molar-refractivity contribution in [2.24, 2.45) is 0 Å². The van der Waals surface area contributed by atoms with Crippen LogP contribution in [-0.4, -0.2) is 81.7 Å². The minimum absolute atomic E-state index is 0.0871. The van der Waals surface area contributed by atoms with Crippen molar-refractivity contribution in [3.63, 3.8) is 0 Å². The summed E-state index contributed by atoms with van der Waals surface area (Å²) < 4.78 is 62.4. The molecule has 11 nitrogen and oxygen atoms in total. The number of pyridine rings is 1. The van der Waals surface area contributed by atoms with Gasteiger partial charge >= 0.3 is 0 Å². The second kappa shape index (κ2) is 12.4. The second-order valence-corrected chi connectivity index (χ2v) is 13.0. The van der Waals surface area contributed by atoms with E-state index in [0.717, 1.165) is 81.5 Å². The number of imidazole rings is 1. The third kappa shape index (κ3) is 6.43. The molecular weight excluding hydrogens is 590 g/mol. The predicted molar refractivity (Wildman–Crippen MR) is 163 cm³/mol. The van der Waals surface area contributed by atoms with Crippen LogP contribution in [0, 0.1) is 18.6 Å². The number of hydrogen-bond donors (Lipinski definition) is 0. The van der Waals surface area contributed by atoms with Crippen LogP contribution >= 0.6 is 0 Å². The normalized spacial score (nSPS) is 17.1. The molecule has 0 radical (unpaired) electrons. The molecule has 2 aliphatic rings. The van der Waals surface area contributed by atoms with Gasteiger partial charge in [0.25, 0.3) is 16.1 Å². The zero-order valence-electron chi connectivity index (χ0n) is 25.1. The van der Waals surface area contributed by atoms with Crippen LogP contribution in [0.3, 0.4) is 0 Å². The van der Waals surface area contributed by atoms with Crippen LogP contribution in [0.2, 0.25) is 0 Å². The number of aryl methyl sites for hydroxylation is 1. The summed E-state index contributed by atoms with van der Waals surface area (Å²) in [7, 11) is -4.07. The molecule has 14 heteroatoms. The summed E-state index contributed by atoms with van der Waals surface area (Å²) in [6.45, 7) is 9.61. The molecule has 1 aliphatic heterocycles. The molecule has 0 bridgehead atoms. The van der Waals surface area contributed by atoms with E-state index in [2.05, 4.69) is 36.7 Å². The van der Waals surface area contributed by atoms with Gasteiger partial charge in [-0.1, -0.05) is 25.8 Å². The summed E-state index contributed by atoms with van der Waals surface area (Å²) in [5, 5.41) is 0.837. The monoisotopic (exact) mass is 626 g/mol. The highest BCUT2D eigenvalue weighted by atomic mass is 32.2. The maximum Gasteiger partial charge on any atom is 0.285 e. The summed E-state index contributed by atoms with van der Waals surface area (Å²) in [5.41, 5.74) is 1.67. The van der Waals surface area contributed by atoms with Crippen LogP contribution in [0.1, 0.15) is 50.0 Å². The molecule has 4 heterocycles. The quantitative estimate of drug-likeness (QED) is 0.241. The molecule has 0 N–H and O–H groups in total. The van der Waals surface area contributed by atoms with Gasteiger partial charge in [0, 0.05) is 50.5 Å². The first kappa shape index (κ1) is 30.4. The molecule has 1 saturated heterocycles. The maximum atomic E-state index is 15.4. The van der Waals surface area contributed by atoms with Crippen molar-refractivity contribution in [3.8, 4) is 11.3 Å². The number of halogens is 2. The Kier molecular flexibility index (Phi) is 8.59. The van der Waals surface area contributed by atoms with E-state index in [1.165, 1.54) is 6.07 Å². The van der Waals surface area contributed by atoms with Gasteiger partial charge in [-0.05, 0) is 50.1 Å². The zero-order valence-corrected chi connectivity index (χ0v) is 25.9. The molecule has 1 aromatic carbocycles. The van der Waals surface area contributed by atoms with E-state index in [1.54, 1.807) is 18.3 Å². The van der Waals surface area contributed by atoms with Gasteiger partial charge in [0.05, 0.1) is 18.0 Å². The van der Waals surface area contributed by atoms with E-state index < -0.39 is 21.8 Å². The molecule has 44 heavy (non-hydrogen) atoms. The van der Waals surface area contributed by atoms with Crippen LogP contribution in [-0.2, 0) is 20.9 Å². The van der Waals surface area contributed by atoms with Crippen molar-refractivity contribution in [1.29, 1.82) is 0 Å². The van der Waals surface area contributed by atoms with Gasteiger partial charge in [-0.25, -0.2) is 28.7 Å². The number of anilines is 2. The number of hydrogen-bond acceptors (Lipinski definition) is 10. The van der Waals surface area contributed by atoms with Crippen molar-refractivity contribution in [2.45, 2.75) is 52.1 Å². The van der Waals surface area contributed by atoms with Crippen molar-refractivity contribution < 1.29 is 21.5 Å². The van der Waals surface area contributed by atoms with Crippen LogP contribution in [0.15, 0.2) is 36.7 Å². The fraction of sp³-hybridized carbons (Fsp3) is 0.467. The Bertz CT molecular complexity index is 1750. The maximum absolute atomic E-state index is 15.4. The van der Waals surface area contributed by atoms with E-state index in [9.17, 15) is 8.42 Å². The zero-order chi connectivity index (χ0) is 31.0. The highest BCUT2D eigenvalue weighted by molar-refractivity contribution is 7.86. The molecule has 1 saturated carbocycles. The predicted octanol–water partition coefficient (Wildman–Crippen LogP) is 4.76. The Hall–Kier alpha value is -3.59. The summed E-state index contributed by atoms with van der Waals surface area (Å²) >= 11 is 0. The average Bonchev–Trinajstić information content (AvgIpc) is 3.64. The standard InChI is InChI=1S/C30H36F2N8O3S/c1-4-37-11-13-38(14-12-37)19-21-9-10-27(33-17-21)40(43-44(3,41)42)30-34-18-25(32)28(36-30)22-15-24(31)29-26(16-22)39(20(2)35-29)23-7-5-6-8-23/h9-10,15-18,23H,4-8,11-14,19H2,1-3H3. The third-order valence-corrected chi connectivity index (χ3v) is 8.77. The van der Waals surface area contributed by atoms with E-state index in [1.807, 2.05) is 17.6 Å². The highest BCUT2D eigenvalue weighted by Crippen LogP contribution is 2.36. The van der Waals surface area contributed by atoms with Gasteiger partial charge < -0.3 is 9.47 Å². The number of rotatable bonds is 9. The molecule has 0 atom stereocenters. The molecule has 234 valence electrons. The van der Waals surface area contributed by atoms with Gasteiger partial charge in [0.2, 0.25) is 0 Å². The van der Waals surface area contributed by atoms with Gasteiger partial charge in [-0.15, -0.1) is 9.35 Å². The lowest BCUT2D eigenvalue weighted by atomic mass is 10.1. The SMILES string of the molecule is CCN1CCN(Cc2ccc(N(OS(C)(=O)=O)c3ncc(F)c(-c4cc(F)c5nc(C)n(C6CCCC6)c5c4)n3)nc2)CC1. The molecule has 2 fully saturated rings. The number of piperazine rings is 1. The fourth-order valence-corrected chi connectivity index (χ4v) is 6.56. The molecule has 6 rings (SSSR count). The highest BCUT2D eigenvalue weighted by Gasteiger charge is 2.26. The minimum Gasteiger partial charge on any atom is -0.325 e. The van der Waals surface area contributed by atoms with Gasteiger partial charge in [-0.2, -0.15) is 8.42 Å². The number of aromatic nitrogens is 5. The smallest absolute Gasteiger partial charge is 0.285 e. The average molecular weight is 627 g/mol. The van der Waals surface area contributed by atoms with Crippen molar-refractivity contribution in [2.75, 3.05) is 44.0 Å². The van der Waals surface area contributed by atoms with Crippen molar-refractivity contribution in [3.05, 3.63) is 59.7 Å². The molecule has 4 aromatic rings. The Balaban J connectivity index is 1.33. The number of benzene rings is 1. The first-order chi connectivity index (χ1) is 21.1. The molecule has 3 aromatic heterocycles. The second-order valence-electron chi connectivity index (χ2n) is 11.5. The van der Waals surface area contributed by atoms with Crippen LogP contribution in [0.4, 0.5) is 20.5 Å². The Morgan fingerprint density at radius 1 is 0.977 bits per heavy atom. The third-order valence-electron chi connectivity index (χ3n) is 8.35. The molecule has 0 amide bonds. The molecule has 1 aliphatic carbocycles.